The van der Waals surface area contributed by atoms with Gasteiger partial charge in [-0.3, -0.25) is 47.9 Å². The fourth-order valence-electron chi connectivity index (χ4n) is 6.55. The van der Waals surface area contributed by atoms with E-state index in [1.807, 2.05) is 6.92 Å². The highest BCUT2D eigenvalue weighted by molar-refractivity contribution is 8.00. The van der Waals surface area contributed by atoms with Crippen LogP contribution in [0.3, 0.4) is 0 Å². The highest BCUT2D eigenvalue weighted by atomic mass is 32.2. The lowest BCUT2D eigenvalue weighted by Gasteiger charge is -2.25. The van der Waals surface area contributed by atoms with Crippen molar-refractivity contribution < 1.29 is 129 Å². The van der Waals surface area contributed by atoms with Crippen LogP contribution >= 0.6 is 23.5 Å². The Morgan fingerprint density at radius 2 is 0.839 bits per heavy atom. The predicted molar refractivity (Wildman–Crippen MR) is 312 cm³/mol. The number of carboxylic acid groups (broad SMARTS) is 2. The number of nitrogens with two attached hydrogens (primary N) is 4. The molecule has 0 saturated heterocycles. The lowest BCUT2D eigenvalue weighted by atomic mass is 9.97. The second-order valence-corrected chi connectivity index (χ2v) is 21.3. The summed E-state index contributed by atoms with van der Waals surface area (Å²) in [6, 6.07) is -1.10. The van der Waals surface area contributed by atoms with E-state index in [4.69, 9.17) is 42.6 Å². The minimum atomic E-state index is -2.19. The van der Waals surface area contributed by atoms with Crippen LogP contribution in [0.25, 0.3) is 0 Å². The van der Waals surface area contributed by atoms with Crippen LogP contribution in [0.4, 0.5) is 0 Å². The molecule has 0 aliphatic heterocycles. The molecule has 0 aromatic heterocycles. The quantitative estimate of drug-likeness (QED) is 0.0252. The number of carbonyl (C=O) groups is 10. The zero-order chi connectivity index (χ0) is 67.2. The molecule has 0 aromatic carbocycles. The van der Waals surface area contributed by atoms with Gasteiger partial charge in [-0.2, -0.15) is 11.8 Å². The molecule has 0 aliphatic carbocycles. The van der Waals surface area contributed by atoms with Crippen molar-refractivity contribution in [3.63, 3.8) is 0 Å². The van der Waals surface area contributed by atoms with E-state index in [1.165, 1.54) is 11.8 Å². The number of Topliss-reactive ketones (excluding diaryl/α,β-unsaturated/α-hetero) is 4. The third-order valence-corrected chi connectivity index (χ3v) is 14.1. The topological polar surface area (TPSA) is 625 Å². The molecule has 0 saturated carbocycles. The smallest absolute Gasteiger partial charge is 0.321 e. The van der Waals surface area contributed by atoms with E-state index in [-0.39, 0.29) is 107 Å². The zero-order valence-corrected chi connectivity index (χ0v) is 50.7. The SMILES string of the molecule is CCC(CSCC(=O)CCCNC(=O)[C@@H](O)[C@H](O)[C@H](O)[C@@H](O)C(=O)CCCNC(=O)CSCC(N)C(=O)O)C(=O)O.CCCOCCCC(=O)[C@H](O)[C@@H](O)[C@@H](O)[C@H](O)C(=O)NCCOCCN.NCCCC(=O)[C@H](O)[C@@H](O)[C@@H](O)[C@H](O)C(=O)NCCN. The Labute approximate surface area is 512 Å². The fourth-order valence-corrected chi connectivity index (χ4v) is 8.51. The van der Waals surface area contributed by atoms with Crippen molar-refractivity contribution in [2.45, 2.75) is 157 Å². The number of amides is 4. The summed E-state index contributed by atoms with van der Waals surface area (Å²) in [5, 5.41) is 144. The van der Waals surface area contributed by atoms with Gasteiger partial charge in [-0.15, -0.1) is 11.8 Å². The third kappa shape index (κ3) is 40.0. The van der Waals surface area contributed by atoms with E-state index in [0.717, 1.165) is 18.2 Å². The average molecular weight is 1300 g/mol. The molecule has 0 rings (SSSR count). The average Bonchev–Trinajstić information content (AvgIpc) is 3.65. The zero-order valence-electron chi connectivity index (χ0n) is 49.0. The number of aliphatic hydroxyl groups excluding tert-OH is 12. The molecule has 14 atom stereocenters. The second-order valence-electron chi connectivity index (χ2n) is 19.2. The van der Waals surface area contributed by atoms with Gasteiger partial charge in [-0.05, 0) is 45.1 Å². The van der Waals surface area contributed by atoms with Crippen molar-refractivity contribution in [1.29, 1.82) is 0 Å². The first-order valence-corrected chi connectivity index (χ1v) is 30.2. The van der Waals surface area contributed by atoms with Gasteiger partial charge >= 0.3 is 11.9 Å². The predicted octanol–water partition coefficient (Wildman–Crippen LogP) is -9.54. The Bertz CT molecular complexity index is 1930. The first-order valence-electron chi connectivity index (χ1n) is 27.9. The van der Waals surface area contributed by atoms with Crippen LogP contribution in [-0.4, -0.2) is 305 Å². The number of carboxylic acids is 2. The molecule has 0 fully saturated rings. The number of ether oxygens (including phenoxy) is 2. The third-order valence-electron chi connectivity index (χ3n) is 11.9. The van der Waals surface area contributed by atoms with Crippen LogP contribution in [0.1, 0.15) is 78.1 Å². The standard InChI is InChI=1S/C24H41N3O12S2.C16H32N2O8.C11H23N3O6/c1-2-13(23(36)37)9-40-10-14(28)5-3-8-27-22(35)21(34)20(33)19(32)18(31)16(29)6-4-7-26-17(30)12-41-11-15(25)24(38)39;1-2-7-25-8-3-4-11(19)12(20)13(21)14(22)15(23)16(24)18-6-10-26-9-5-17;12-3-1-2-6(15)7(16)8(17)9(18)10(19)11(20)14-5-4-13/h13,15,18-21,31-34H,2-12,25H2,1H3,(H,26,30)(H,27,35)(H,36,37)(H,38,39);12-15,20-23H,2-10,17H2,1H3,(H,18,24);7-10,16-19H,1-5,12-13H2,(H,14,20)/t13?,15?,18-,19+,20+,21-;12-,13+,14+,15-;7-,8+,9+,10-/m000/s1. The molecule has 0 radical (unpaired) electrons. The van der Waals surface area contributed by atoms with E-state index in [1.54, 1.807) is 6.92 Å². The van der Waals surface area contributed by atoms with E-state index in [9.17, 15) is 109 Å². The Kier molecular flexibility index (Phi) is 52.1. The number of aliphatic hydroxyl groups is 12. The van der Waals surface area contributed by atoms with Gasteiger partial charge in [-0.1, -0.05) is 13.8 Å². The van der Waals surface area contributed by atoms with E-state index >= 15 is 0 Å². The number of nitrogens with one attached hydrogen (secondary N) is 4. The highest BCUT2D eigenvalue weighted by Crippen LogP contribution is 2.15. The van der Waals surface area contributed by atoms with Crippen LogP contribution in [0.5, 0.6) is 0 Å². The Morgan fingerprint density at radius 1 is 0.425 bits per heavy atom. The van der Waals surface area contributed by atoms with E-state index in [2.05, 4.69) is 21.3 Å². The maximum Gasteiger partial charge on any atom is 0.321 e. The minimum absolute atomic E-state index is 0.0352. The molecule has 36 heteroatoms. The molecule has 87 heavy (non-hydrogen) atoms. The number of aliphatic carboxylic acids is 2. The van der Waals surface area contributed by atoms with Crippen LogP contribution in [0.2, 0.25) is 0 Å². The van der Waals surface area contributed by atoms with Gasteiger partial charge in [0.2, 0.25) is 5.91 Å². The van der Waals surface area contributed by atoms with Gasteiger partial charge in [0.05, 0.1) is 30.6 Å². The number of thioether (sulfide) groups is 2. The van der Waals surface area contributed by atoms with Crippen LogP contribution < -0.4 is 44.2 Å². The van der Waals surface area contributed by atoms with E-state index in [0.29, 0.717) is 51.4 Å². The first-order chi connectivity index (χ1) is 40.9. The molecule has 34 nitrogen and oxygen atoms in total. The van der Waals surface area contributed by atoms with Crippen LogP contribution in [0.15, 0.2) is 0 Å². The molecule has 4 amide bonds. The van der Waals surface area contributed by atoms with Gasteiger partial charge in [0.1, 0.15) is 66.8 Å². The largest absolute Gasteiger partial charge is 0.481 e. The van der Waals surface area contributed by atoms with Crippen molar-refractivity contribution in [1.82, 2.24) is 21.3 Å². The molecule has 0 heterocycles. The summed E-state index contributed by atoms with van der Waals surface area (Å²) in [7, 11) is 0. The number of rotatable bonds is 50. The van der Waals surface area contributed by atoms with Gasteiger partial charge in [0, 0.05) is 89.7 Å². The molecule has 26 N–H and O–H groups in total. The lowest BCUT2D eigenvalue weighted by molar-refractivity contribution is -0.154. The van der Waals surface area contributed by atoms with E-state index < -0.39 is 138 Å². The normalized spacial score (nSPS) is 16.0. The minimum Gasteiger partial charge on any atom is -0.481 e. The van der Waals surface area contributed by atoms with Gasteiger partial charge < -0.3 is 125 Å². The maximum absolute atomic E-state index is 12.1. The Balaban J connectivity index is -0.00000131. The summed E-state index contributed by atoms with van der Waals surface area (Å²) in [5.74, 6) is -8.15. The number of hydrogen-bond acceptors (Lipinski definition) is 30. The number of hydrogen-bond donors (Lipinski definition) is 22. The molecule has 508 valence electrons. The Morgan fingerprint density at radius 3 is 1.28 bits per heavy atom. The van der Waals surface area contributed by atoms with Crippen molar-refractivity contribution >= 4 is 82.2 Å². The van der Waals surface area contributed by atoms with Crippen molar-refractivity contribution in [3.05, 3.63) is 0 Å². The molecule has 0 aliphatic rings. The first kappa shape index (κ1) is 86.7. The van der Waals surface area contributed by atoms with Crippen molar-refractivity contribution in [2.75, 3.05) is 95.3 Å². The van der Waals surface area contributed by atoms with Crippen molar-refractivity contribution in [2.24, 2.45) is 28.9 Å². The Hall–Kier alpha value is -4.52. The highest BCUT2D eigenvalue weighted by Gasteiger charge is 2.39. The molecule has 2 unspecified atom stereocenters. The number of ketones is 4. The summed E-state index contributed by atoms with van der Waals surface area (Å²) in [6.45, 7) is 5.92. The van der Waals surface area contributed by atoms with Gasteiger partial charge in [0.15, 0.2) is 35.7 Å². The van der Waals surface area contributed by atoms with Gasteiger partial charge in [0.25, 0.3) is 17.7 Å². The summed E-state index contributed by atoms with van der Waals surface area (Å²) in [4.78, 5) is 116. The molecule has 0 aromatic rings. The summed E-state index contributed by atoms with van der Waals surface area (Å²) in [5.41, 5.74) is 20.9. The monoisotopic (exact) mass is 1300 g/mol. The molecule has 0 bridgehead atoms. The molecule has 0 spiro atoms. The summed E-state index contributed by atoms with van der Waals surface area (Å²) in [6.07, 6.45) is -22.5. The number of carbonyl (C=O) groups excluding carboxylic acids is 8. The maximum atomic E-state index is 12.1. The second kappa shape index (κ2) is 52.3. The molecular weight excluding hydrogens is 1200 g/mol. The van der Waals surface area contributed by atoms with Crippen molar-refractivity contribution in [3.8, 4) is 0 Å². The van der Waals surface area contributed by atoms with Gasteiger partial charge in [-0.25, -0.2) is 0 Å². The van der Waals surface area contributed by atoms with Crippen LogP contribution in [0, 0.1) is 5.92 Å². The van der Waals surface area contributed by atoms with Crippen LogP contribution in [-0.2, 0) is 57.4 Å². The fraction of sp³-hybridized carbons (Fsp3) is 0.804. The lowest BCUT2D eigenvalue weighted by Crippen LogP contribution is -2.53. The summed E-state index contributed by atoms with van der Waals surface area (Å²) >= 11 is 2.22. The molecular formula is C51H96N8O26S2. The summed E-state index contributed by atoms with van der Waals surface area (Å²) < 4.78 is 10.2.